The first-order chi connectivity index (χ1) is 13.3. The zero-order valence-electron chi connectivity index (χ0n) is 15.4. The summed E-state index contributed by atoms with van der Waals surface area (Å²) in [5.74, 6) is -2.27. The molecule has 3 aromatic rings. The van der Waals surface area contributed by atoms with E-state index in [0.717, 1.165) is 16.8 Å². The minimum Gasteiger partial charge on any atom is -0.319 e. The third kappa shape index (κ3) is 5.09. The van der Waals surface area contributed by atoms with Crippen molar-refractivity contribution in [2.75, 3.05) is 11.9 Å². The topological polar surface area (TPSA) is 113 Å². The Bertz CT molecular complexity index is 985. The fraction of sp³-hybridized carbons (Fsp3) is 0.312. The number of aromatic nitrogens is 6. The maximum Gasteiger partial charge on any atom is 0.451 e. The van der Waals surface area contributed by atoms with Crippen LogP contribution in [0, 0.1) is 6.92 Å². The number of aromatic amines is 1. The average Bonchev–Trinajstić information content (AvgIpc) is 3.27. The van der Waals surface area contributed by atoms with Crippen molar-refractivity contribution in [3.8, 4) is 5.95 Å². The maximum absolute atomic E-state index is 12.7. The Morgan fingerprint density at radius 1 is 1.24 bits per heavy atom. The monoisotopic (exact) mass is 430 g/mol. The van der Waals surface area contributed by atoms with Gasteiger partial charge in [-0.1, -0.05) is 25.1 Å². The Labute approximate surface area is 169 Å². The van der Waals surface area contributed by atoms with E-state index in [0.29, 0.717) is 12.2 Å². The Morgan fingerprint density at radius 3 is 2.62 bits per heavy atom. The molecule has 0 spiro atoms. The fourth-order valence-corrected chi connectivity index (χ4v) is 2.38. The molecule has 0 fully saturated rings. The molecule has 0 unspecified atom stereocenters. The lowest BCUT2D eigenvalue weighted by molar-refractivity contribution is -0.144. The average molecular weight is 431 g/mol. The number of para-hydroxylation sites is 1. The molecule has 9 nitrogen and oxygen atoms in total. The zero-order valence-corrected chi connectivity index (χ0v) is 16.2. The lowest BCUT2D eigenvalue weighted by Gasteiger charge is -2.10. The Kier molecular flexibility index (Phi) is 6.93. The van der Waals surface area contributed by atoms with Crippen LogP contribution in [0.15, 0.2) is 24.3 Å². The van der Waals surface area contributed by atoms with Crippen LogP contribution in [0.1, 0.15) is 34.8 Å². The number of halogens is 4. The summed E-state index contributed by atoms with van der Waals surface area (Å²) in [6.07, 6.45) is -4.67. The number of nitrogens with zero attached hydrogens (tertiary/aromatic N) is 5. The first-order valence-electron chi connectivity index (χ1n) is 8.33. The minimum atomic E-state index is -4.67. The molecule has 3 rings (SSSR count). The van der Waals surface area contributed by atoms with Gasteiger partial charge in [0.25, 0.3) is 11.9 Å². The number of benzene rings is 1. The van der Waals surface area contributed by atoms with Crippen LogP contribution < -0.4 is 10.6 Å². The molecule has 0 bridgehead atoms. The maximum atomic E-state index is 12.7. The van der Waals surface area contributed by atoms with Crippen molar-refractivity contribution in [3.63, 3.8) is 0 Å². The predicted molar refractivity (Wildman–Crippen MR) is 100 cm³/mol. The number of rotatable bonds is 6. The molecule has 0 atom stereocenters. The van der Waals surface area contributed by atoms with E-state index in [4.69, 9.17) is 0 Å². The molecule has 156 valence electrons. The van der Waals surface area contributed by atoms with Crippen LogP contribution in [-0.4, -0.2) is 42.4 Å². The molecule has 1 amide bonds. The second-order valence-electron chi connectivity index (χ2n) is 5.77. The molecule has 29 heavy (non-hydrogen) atoms. The quantitative estimate of drug-likeness (QED) is 0.553. The van der Waals surface area contributed by atoms with E-state index in [1.165, 1.54) is 6.92 Å². The summed E-state index contributed by atoms with van der Waals surface area (Å²) >= 11 is 0. The van der Waals surface area contributed by atoms with Gasteiger partial charge in [-0.3, -0.25) is 9.89 Å². The molecule has 3 N–H and O–H groups in total. The third-order valence-electron chi connectivity index (χ3n) is 3.73. The summed E-state index contributed by atoms with van der Waals surface area (Å²) in [6, 6.07) is 7.22. The molecule has 0 aliphatic heterocycles. The van der Waals surface area contributed by atoms with E-state index in [-0.39, 0.29) is 30.0 Å². The zero-order chi connectivity index (χ0) is 20.3. The fourth-order valence-electron chi connectivity index (χ4n) is 2.38. The number of nitrogens with one attached hydrogen (secondary N) is 3. The highest BCUT2D eigenvalue weighted by atomic mass is 35.5. The van der Waals surface area contributed by atoms with Gasteiger partial charge in [-0.2, -0.15) is 22.8 Å². The number of carbonyl (C=O) groups is 1. The number of amides is 1. The standard InChI is InChI=1S/C16H17F3N8O.ClH/c1-3-20-8-10-6-4-5-7-11(10)22-13(28)12-21-9(2)27(26-12)15-23-14(24-25-15)16(17,18)19;/h4-7,20H,3,8H2,1-2H3,(H,22,28)(H,23,24,25);1H. The summed E-state index contributed by atoms with van der Waals surface area (Å²) in [6.45, 7) is 4.77. The number of hydrogen-bond acceptors (Lipinski definition) is 6. The van der Waals surface area contributed by atoms with E-state index >= 15 is 0 Å². The summed E-state index contributed by atoms with van der Waals surface area (Å²) in [5.41, 5.74) is 1.46. The van der Waals surface area contributed by atoms with Crippen molar-refractivity contribution < 1.29 is 18.0 Å². The summed E-state index contributed by atoms with van der Waals surface area (Å²) in [4.78, 5) is 19.8. The van der Waals surface area contributed by atoms with Crippen LogP contribution in [-0.2, 0) is 12.7 Å². The Morgan fingerprint density at radius 2 is 1.97 bits per heavy atom. The van der Waals surface area contributed by atoms with E-state index in [2.05, 4.69) is 30.8 Å². The van der Waals surface area contributed by atoms with Crippen molar-refractivity contribution in [2.24, 2.45) is 0 Å². The lowest BCUT2D eigenvalue weighted by atomic mass is 10.1. The molecule has 0 saturated carbocycles. The number of aryl methyl sites for hydroxylation is 1. The largest absolute Gasteiger partial charge is 0.451 e. The normalized spacial score (nSPS) is 11.2. The number of H-pyrrole nitrogens is 1. The first kappa shape index (κ1) is 22.3. The molecular weight excluding hydrogens is 413 g/mol. The highest BCUT2D eigenvalue weighted by Crippen LogP contribution is 2.26. The highest BCUT2D eigenvalue weighted by molar-refractivity contribution is 6.02. The van der Waals surface area contributed by atoms with Crippen LogP contribution in [0.25, 0.3) is 5.95 Å². The summed E-state index contributed by atoms with van der Waals surface area (Å²) in [5, 5.41) is 15.1. The first-order valence-corrected chi connectivity index (χ1v) is 8.33. The molecule has 0 aliphatic rings. The molecule has 0 saturated heterocycles. The van der Waals surface area contributed by atoms with E-state index in [1.807, 2.05) is 19.1 Å². The minimum absolute atomic E-state index is 0. The lowest BCUT2D eigenvalue weighted by Crippen LogP contribution is -2.18. The molecule has 2 heterocycles. The molecule has 2 aromatic heterocycles. The van der Waals surface area contributed by atoms with Crippen LogP contribution in [0.5, 0.6) is 0 Å². The summed E-state index contributed by atoms with van der Waals surface area (Å²) in [7, 11) is 0. The van der Waals surface area contributed by atoms with Gasteiger partial charge in [0.1, 0.15) is 5.82 Å². The van der Waals surface area contributed by atoms with Crippen molar-refractivity contribution in [1.82, 2.24) is 35.3 Å². The molecule has 0 radical (unpaired) electrons. The molecular formula is C16H18ClF3N8O. The molecule has 13 heteroatoms. The van der Waals surface area contributed by atoms with Crippen LogP contribution in [0.4, 0.5) is 18.9 Å². The van der Waals surface area contributed by atoms with Crippen LogP contribution in [0.2, 0.25) is 0 Å². The van der Waals surface area contributed by atoms with Gasteiger partial charge >= 0.3 is 6.18 Å². The van der Waals surface area contributed by atoms with Gasteiger partial charge in [-0.15, -0.1) is 22.6 Å². The Balaban J connectivity index is 0.00000300. The van der Waals surface area contributed by atoms with E-state index < -0.39 is 17.9 Å². The van der Waals surface area contributed by atoms with Crippen LogP contribution >= 0.6 is 12.4 Å². The predicted octanol–water partition coefficient (Wildman–Crippen LogP) is 2.50. The van der Waals surface area contributed by atoms with Crippen molar-refractivity contribution in [3.05, 3.63) is 47.3 Å². The molecule has 0 aliphatic carbocycles. The third-order valence-corrected chi connectivity index (χ3v) is 3.73. The van der Waals surface area contributed by atoms with Gasteiger partial charge in [0.2, 0.25) is 11.6 Å². The smallest absolute Gasteiger partial charge is 0.319 e. The highest BCUT2D eigenvalue weighted by Gasteiger charge is 2.35. The summed E-state index contributed by atoms with van der Waals surface area (Å²) < 4.78 is 39.0. The Hall–Kier alpha value is -2.99. The number of alkyl halides is 3. The van der Waals surface area contributed by atoms with Gasteiger partial charge < -0.3 is 10.6 Å². The van der Waals surface area contributed by atoms with Crippen molar-refractivity contribution in [2.45, 2.75) is 26.6 Å². The second-order valence-corrected chi connectivity index (χ2v) is 5.77. The van der Waals surface area contributed by atoms with Gasteiger partial charge in [0, 0.05) is 12.2 Å². The second kappa shape index (κ2) is 9.01. The molecule has 1 aromatic carbocycles. The van der Waals surface area contributed by atoms with Gasteiger partial charge in [0.15, 0.2) is 0 Å². The van der Waals surface area contributed by atoms with Gasteiger partial charge in [-0.05, 0) is 25.1 Å². The number of anilines is 1. The van der Waals surface area contributed by atoms with E-state index in [9.17, 15) is 18.0 Å². The number of carbonyl (C=O) groups excluding carboxylic acids is 1. The van der Waals surface area contributed by atoms with E-state index in [1.54, 1.807) is 17.2 Å². The van der Waals surface area contributed by atoms with Crippen LogP contribution in [0.3, 0.4) is 0 Å². The van der Waals surface area contributed by atoms with Gasteiger partial charge in [-0.25, -0.2) is 4.98 Å². The van der Waals surface area contributed by atoms with Gasteiger partial charge in [0.05, 0.1) is 0 Å². The van der Waals surface area contributed by atoms with Crippen molar-refractivity contribution >= 4 is 24.0 Å². The van der Waals surface area contributed by atoms with Crippen molar-refractivity contribution in [1.29, 1.82) is 0 Å². The SMILES string of the molecule is CCNCc1ccccc1NC(=O)c1nc(C)n(-c2n[nH]c(C(F)(F)F)n2)n1.Cl. The number of hydrogen-bond donors (Lipinski definition) is 3.